The average Bonchev–Trinajstić information content (AvgIpc) is 2.45. The van der Waals surface area contributed by atoms with Gasteiger partial charge in [-0.15, -0.1) is 0 Å². The lowest BCUT2D eigenvalue weighted by Gasteiger charge is -2.20. The Morgan fingerprint density at radius 1 is 1.00 bits per heavy atom. The average molecular weight is 349 g/mol. The summed E-state index contributed by atoms with van der Waals surface area (Å²) in [6.07, 6.45) is 0. The van der Waals surface area contributed by atoms with E-state index in [1.807, 2.05) is 30.3 Å². The molecule has 2 rings (SSSR count). The normalized spacial score (nSPS) is 11.3. The highest BCUT2D eigenvalue weighted by Crippen LogP contribution is 2.31. The van der Waals surface area contributed by atoms with Gasteiger partial charge in [0.1, 0.15) is 18.1 Å². The number of benzene rings is 2. The van der Waals surface area contributed by atoms with Crippen LogP contribution in [0.3, 0.4) is 0 Å². The van der Waals surface area contributed by atoms with Crippen molar-refractivity contribution in [2.45, 2.75) is 32.8 Å². The van der Waals surface area contributed by atoms with Gasteiger partial charge in [0.15, 0.2) is 0 Å². The summed E-state index contributed by atoms with van der Waals surface area (Å²) in [5.41, 5.74) is 2.53. The third-order valence-electron chi connectivity index (χ3n) is 3.35. The molecule has 112 valence electrons. The van der Waals surface area contributed by atoms with E-state index in [1.165, 1.54) is 5.56 Å². The number of hydrogen-bond donors (Lipinski definition) is 0. The summed E-state index contributed by atoms with van der Waals surface area (Å²) in [6, 6.07) is 14.2. The van der Waals surface area contributed by atoms with Crippen LogP contribution in [0.4, 0.5) is 0 Å². The molecule has 0 unspecified atom stereocenters. The highest BCUT2D eigenvalue weighted by molar-refractivity contribution is 9.10. The largest absolute Gasteiger partial charge is 0.497 e. The van der Waals surface area contributed by atoms with E-state index >= 15 is 0 Å². The fourth-order valence-corrected chi connectivity index (χ4v) is 2.46. The summed E-state index contributed by atoms with van der Waals surface area (Å²) in [4.78, 5) is 0. The van der Waals surface area contributed by atoms with E-state index in [2.05, 4.69) is 48.8 Å². The lowest BCUT2D eigenvalue weighted by atomic mass is 9.87. The SMILES string of the molecule is COc1ccc(COc2ccc(C(C)(C)C)cc2Br)cc1. The summed E-state index contributed by atoms with van der Waals surface area (Å²) >= 11 is 3.59. The smallest absolute Gasteiger partial charge is 0.134 e. The number of halogens is 1. The second-order valence-corrected chi connectivity index (χ2v) is 6.89. The molecule has 0 aliphatic carbocycles. The minimum Gasteiger partial charge on any atom is -0.497 e. The van der Waals surface area contributed by atoms with Crippen LogP contribution in [0.25, 0.3) is 0 Å². The van der Waals surface area contributed by atoms with Crippen molar-refractivity contribution in [1.82, 2.24) is 0 Å². The Bertz CT molecular complexity index is 598. The lowest BCUT2D eigenvalue weighted by molar-refractivity contribution is 0.303. The molecule has 0 fully saturated rings. The van der Waals surface area contributed by atoms with Crippen LogP contribution in [0, 0.1) is 0 Å². The molecule has 0 aliphatic heterocycles. The summed E-state index contributed by atoms with van der Waals surface area (Å²) in [5.74, 6) is 1.72. The van der Waals surface area contributed by atoms with E-state index in [1.54, 1.807) is 7.11 Å². The Balaban J connectivity index is 2.06. The fourth-order valence-electron chi connectivity index (χ4n) is 1.97. The molecule has 0 N–H and O–H groups in total. The van der Waals surface area contributed by atoms with Crippen LogP contribution < -0.4 is 9.47 Å². The van der Waals surface area contributed by atoms with Gasteiger partial charge in [0.2, 0.25) is 0 Å². The molecule has 0 radical (unpaired) electrons. The van der Waals surface area contributed by atoms with Gasteiger partial charge in [0.25, 0.3) is 0 Å². The maximum Gasteiger partial charge on any atom is 0.134 e. The van der Waals surface area contributed by atoms with Crippen LogP contribution in [0.2, 0.25) is 0 Å². The van der Waals surface area contributed by atoms with Crippen LogP contribution in [-0.4, -0.2) is 7.11 Å². The Labute approximate surface area is 135 Å². The monoisotopic (exact) mass is 348 g/mol. The quantitative estimate of drug-likeness (QED) is 0.742. The van der Waals surface area contributed by atoms with Crippen LogP contribution in [-0.2, 0) is 12.0 Å². The van der Waals surface area contributed by atoms with Crippen LogP contribution in [0.5, 0.6) is 11.5 Å². The third kappa shape index (κ3) is 4.24. The lowest BCUT2D eigenvalue weighted by Crippen LogP contribution is -2.11. The van der Waals surface area contributed by atoms with Gasteiger partial charge in [-0.2, -0.15) is 0 Å². The van der Waals surface area contributed by atoms with E-state index in [0.29, 0.717) is 6.61 Å². The first-order chi connectivity index (χ1) is 9.90. The molecule has 0 atom stereocenters. The molecule has 0 amide bonds. The molecule has 2 nitrogen and oxygen atoms in total. The van der Waals surface area contributed by atoms with Gasteiger partial charge < -0.3 is 9.47 Å². The summed E-state index contributed by atoms with van der Waals surface area (Å²) in [5, 5.41) is 0. The van der Waals surface area contributed by atoms with Gasteiger partial charge in [-0.25, -0.2) is 0 Å². The van der Waals surface area contributed by atoms with Crippen molar-refractivity contribution in [2.75, 3.05) is 7.11 Å². The van der Waals surface area contributed by atoms with Crippen LogP contribution >= 0.6 is 15.9 Å². The topological polar surface area (TPSA) is 18.5 Å². The molecule has 3 heteroatoms. The highest BCUT2D eigenvalue weighted by atomic mass is 79.9. The van der Waals surface area contributed by atoms with Gasteiger partial charge in [0.05, 0.1) is 11.6 Å². The van der Waals surface area contributed by atoms with E-state index in [-0.39, 0.29) is 5.41 Å². The molecule has 21 heavy (non-hydrogen) atoms. The van der Waals surface area contributed by atoms with Gasteiger partial charge in [-0.3, -0.25) is 0 Å². The minimum atomic E-state index is 0.136. The van der Waals surface area contributed by atoms with E-state index < -0.39 is 0 Å². The van der Waals surface area contributed by atoms with Crippen molar-refractivity contribution in [3.8, 4) is 11.5 Å². The van der Waals surface area contributed by atoms with Gasteiger partial charge in [-0.1, -0.05) is 39.0 Å². The summed E-state index contributed by atoms with van der Waals surface area (Å²) in [7, 11) is 1.67. The number of hydrogen-bond acceptors (Lipinski definition) is 2. The Kier molecular flexibility index (Phi) is 4.94. The molecule has 0 aromatic heterocycles. The molecular weight excluding hydrogens is 328 g/mol. The standard InChI is InChI=1S/C18H21BrO2/c1-18(2,3)14-7-10-17(16(19)11-14)21-12-13-5-8-15(20-4)9-6-13/h5-11H,12H2,1-4H3. The minimum absolute atomic E-state index is 0.136. The maximum absolute atomic E-state index is 5.88. The molecule has 0 bridgehead atoms. The van der Waals surface area contributed by atoms with Gasteiger partial charge in [-0.05, 0) is 56.7 Å². The summed E-state index contributed by atoms with van der Waals surface area (Å²) < 4.78 is 12.0. The summed E-state index contributed by atoms with van der Waals surface area (Å²) in [6.45, 7) is 7.14. The van der Waals surface area contributed by atoms with Crippen molar-refractivity contribution in [2.24, 2.45) is 0 Å². The van der Waals surface area contributed by atoms with E-state index in [0.717, 1.165) is 21.5 Å². The molecule has 0 aliphatic rings. The Hall–Kier alpha value is -1.48. The van der Waals surface area contributed by atoms with Crippen molar-refractivity contribution < 1.29 is 9.47 Å². The maximum atomic E-state index is 5.88. The molecule has 0 spiro atoms. The van der Waals surface area contributed by atoms with Crippen molar-refractivity contribution >= 4 is 15.9 Å². The first-order valence-electron chi connectivity index (χ1n) is 6.96. The first kappa shape index (κ1) is 15.9. The second kappa shape index (κ2) is 6.52. The highest BCUT2D eigenvalue weighted by Gasteiger charge is 2.15. The number of rotatable bonds is 4. The predicted molar refractivity (Wildman–Crippen MR) is 90.2 cm³/mol. The van der Waals surface area contributed by atoms with Crippen molar-refractivity contribution in [3.63, 3.8) is 0 Å². The zero-order valence-electron chi connectivity index (χ0n) is 12.9. The molecular formula is C18H21BrO2. The molecule has 2 aromatic rings. The molecule has 0 saturated carbocycles. The molecule has 0 heterocycles. The molecule has 0 saturated heterocycles. The van der Waals surface area contributed by atoms with E-state index in [4.69, 9.17) is 9.47 Å². The third-order valence-corrected chi connectivity index (χ3v) is 3.97. The Morgan fingerprint density at radius 3 is 2.19 bits per heavy atom. The van der Waals surface area contributed by atoms with E-state index in [9.17, 15) is 0 Å². The molecule has 2 aromatic carbocycles. The number of ether oxygens (including phenoxy) is 2. The van der Waals surface area contributed by atoms with Crippen molar-refractivity contribution in [1.29, 1.82) is 0 Å². The first-order valence-corrected chi connectivity index (χ1v) is 7.75. The Morgan fingerprint density at radius 2 is 1.67 bits per heavy atom. The predicted octanol–water partition coefficient (Wildman–Crippen LogP) is 5.33. The zero-order chi connectivity index (χ0) is 15.5. The second-order valence-electron chi connectivity index (χ2n) is 6.03. The van der Waals surface area contributed by atoms with Crippen molar-refractivity contribution in [3.05, 3.63) is 58.1 Å². The fraction of sp³-hybridized carbons (Fsp3) is 0.333. The zero-order valence-corrected chi connectivity index (χ0v) is 14.5. The van der Waals surface area contributed by atoms with Crippen LogP contribution in [0.1, 0.15) is 31.9 Å². The van der Waals surface area contributed by atoms with Crippen LogP contribution in [0.15, 0.2) is 46.9 Å². The van der Waals surface area contributed by atoms with Gasteiger partial charge >= 0.3 is 0 Å². The number of methoxy groups -OCH3 is 1. The van der Waals surface area contributed by atoms with Gasteiger partial charge in [0, 0.05) is 0 Å².